The Balaban J connectivity index is 2.78. The van der Waals surface area contributed by atoms with Gasteiger partial charge >= 0.3 is 0 Å². The van der Waals surface area contributed by atoms with Gasteiger partial charge in [0.25, 0.3) is 0 Å². The second-order valence-electron chi connectivity index (χ2n) is 1.09. The quantitative estimate of drug-likeness (QED) is 0.474. The molecule has 4 heteroatoms. The van der Waals surface area contributed by atoms with Crippen molar-refractivity contribution in [3.8, 4) is 0 Å². The first-order valence-corrected chi connectivity index (χ1v) is 2.08. The van der Waals surface area contributed by atoms with Crippen LogP contribution in [0.2, 0.25) is 0 Å². The van der Waals surface area contributed by atoms with E-state index in [1.807, 2.05) is 0 Å². The Bertz CT molecular complexity index is 121. The molecule has 0 saturated heterocycles. The predicted octanol–water partition coefficient (Wildman–Crippen LogP) is -0.0432. The van der Waals surface area contributed by atoms with E-state index in [9.17, 15) is 0 Å². The molecule has 1 heterocycles. The lowest BCUT2D eigenvalue weighted by Gasteiger charge is -1.80. The van der Waals surface area contributed by atoms with Crippen LogP contribution in [0.3, 0.4) is 0 Å². The minimum Gasteiger partial charge on any atom is -0.395 e. The number of rotatable bonds is 0. The molecule has 0 aromatic carbocycles. The molecule has 1 radical (unpaired) electrons. The first-order chi connectivity index (χ1) is 3.30. The molecule has 1 rings (SSSR count). The summed E-state index contributed by atoms with van der Waals surface area (Å²) < 4.78 is 0. The Morgan fingerprint density at radius 1 is 1.71 bits per heavy atom. The highest BCUT2D eigenvalue weighted by molar-refractivity contribution is 6.69. The highest BCUT2D eigenvalue weighted by Crippen LogP contribution is 1.99. The molecule has 0 unspecified atom stereocenters. The maximum Gasteiger partial charge on any atom is 0.176 e. The van der Waals surface area contributed by atoms with Gasteiger partial charge in [-0.05, 0) is 0 Å². The molecule has 3 nitrogen and oxygen atoms in total. The van der Waals surface area contributed by atoms with Gasteiger partial charge in [0.2, 0.25) is 0 Å². The zero-order valence-corrected chi connectivity index (χ0v) is 4.18. The Morgan fingerprint density at radius 2 is 2.43 bits per heavy atom. The maximum absolute atomic E-state index is 5.33. The number of hydrogen-bond acceptors (Lipinski definition) is 2. The van der Waals surface area contributed by atoms with Crippen LogP contribution >= 0.6 is 11.6 Å². The molecule has 1 aliphatic heterocycles. The lowest BCUT2D eigenvalue weighted by molar-refractivity contribution is 0.972. The van der Waals surface area contributed by atoms with Gasteiger partial charge in [-0.1, -0.05) is 11.6 Å². The molecule has 0 spiro atoms. The van der Waals surface area contributed by atoms with Crippen LogP contribution in [0.1, 0.15) is 0 Å². The summed E-state index contributed by atoms with van der Waals surface area (Å²) in [6.07, 6.45) is 1.41. The molecule has 0 amide bonds. The van der Waals surface area contributed by atoms with Crippen LogP contribution in [0, 0.1) is 0 Å². The number of hydrogen-bond donors (Lipinski definition) is 1. The molecule has 0 fully saturated rings. The van der Waals surface area contributed by atoms with Crippen molar-refractivity contribution in [1.82, 2.24) is 5.43 Å². The second-order valence-corrected chi connectivity index (χ2v) is 1.45. The van der Waals surface area contributed by atoms with Crippen molar-refractivity contribution in [2.24, 2.45) is 10.8 Å². The molecule has 1 aliphatic rings. The van der Waals surface area contributed by atoms with Gasteiger partial charge in [-0.3, -0.25) is 0 Å². The molecular weight excluding hydrogens is 114 g/mol. The fourth-order valence-corrected chi connectivity index (χ4v) is 0.345. The average molecular weight is 117 g/mol. The number of allylic oxidation sites excluding steroid dienone is 1. The first kappa shape index (κ1) is 4.46. The van der Waals surface area contributed by atoms with Gasteiger partial charge in [0.05, 0.1) is 11.9 Å². The summed E-state index contributed by atoms with van der Waals surface area (Å²) in [4.78, 5) is 0. The van der Waals surface area contributed by atoms with E-state index in [1.54, 1.807) is 0 Å². The van der Waals surface area contributed by atoms with E-state index in [2.05, 4.69) is 10.5 Å². The standard InChI is InChI=1S/C3H3ClN3/c4-3-2(5)1-6-7-3/h1H,5H2. The van der Waals surface area contributed by atoms with Crippen LogP contribution in [-0.2, 0) is 0 Å². The first-order valence-electron chi connectivity index (χ1n) is 1.70. The Hall–Kier alpha value is -0.700. The maximum atomic E-state index is 5.33. The lowest BCUT2D eigenvalue weighted by atomic mass is 10.6. The molecule has 0 saturated carbocycles. The number of halogens is 1. The molecule has 0 aromatic rings. The Kier molecular flexibility index (Phi) is 0.906. The van der Waals surface area contributed by atoms with Crippen LogP contribution in [0.4, 0.5) is 0 Å². The van der Waals surface area contributed by atoms with E-state index >= 15 is 0 Å². The zero-order chi connectivity index (χ0) is 5.28. The van der Waals surface area contributed by atoms with E-state index in [1.165, 1.54) is 6.20 Å². The van der Waals surface area contributed by atoms with Crippen molar-refractivity contribution in [2.45, 2.75) is 0 Å². The summed E-state index contributed by atoms with van der Waals surface area (Å²) >= 11 is 5.33. The second kappa shape index (κ2) is 1.42. The minimum absolute atomic E-state index is 0.278. The minimum atomic E-state index is 0.278. The summed E-state index contributed by atoms with van der Waals surface area (Å²) in [6, 6.07) is 0. The molecular formula is C3H3ClN3. The number of nitrogens with two attached hydrogens (primary N) is 1. The van der Waals surface area contributed by atoms with Gasteiger partial charge in [-0.25, -0.2) is 0 Å². The third-order valence-electron chi connectivity index (χ3n) is 0.581. The van der Waals surface area contributed by atoms with Gasteiger partial charge in [-0.2, -0.15) is 5.43 Å². The molecule has 37 valence electrons. The van der Waals surface area contributed by atoms with Crippen LogP contribution in [0.15, 0.2) is 17.0 Å². The molecule has 2 N–H and O–H groups in total. The molecule has 0 aliphatic carbocycles. The summed E-state index contributed by atoms with van der Waals surface area (Å²) in [7, 11) is 0. The smallest absolute Gasteiger partial charge is 0.176 e. The van der Waals surface area contributed by atoms with Crippen LogP contribution in [-0.4, -0.2) is 5.17 Å². The van der Waals surface area contributed by atoms with Crippen LogP contribution < -0.4 is 11.2 Å². The summed E-state index contributed by atoms with van der Waals surface area (Å²) in [5.41, 5.74) is 9.03. The van der Waals surface area contributed by atoms with Crippen LogP contribution in [0.5, 0.6) is 0 Å². The van der Waals surface area contributed by atoms with Gasteiger partial charge in [0.1, 0.15) is 0 Å². The van der Waals surface area contributed by atoms with E-state index in [0.29, 0.717) is 5.70 Å². The normalized spacial score (nSPS) is 17.9. The van der Waals surface area contributed by atoms with Gasteiger partial charge < -0.3 is 5.73 Å². The van der Waals surface area contributed by atoms with Gasteiger partial charge in [0, 0.05) is 0 Å². The van der Waals surface area contributed by atoms with E-state index < -0.39 is 0 Å². The average Bonchev–Trinajstić information content (AvgIpc) is 1.91. The zero-order valence-electron chi connectivity index (χ0n) is 3.43. The number of nitrogens with zero attached hydrogens (tertiary/aromatic N) is 2. The van der Waals surface area contributed by atoms with Gasteiger partial charge in [0.15, 0.2) is 5.17 Å². The SMILES string of the molecule is NC1=C[N]N=C1Cl. The molecule has 7 heavy (non-hydrogen) atoms. The summed E-state index contributed by atoms with van der Waals surface area (Å²) in [5.74, 6) is 0. The van der Waals surface area contributed by atoms with E-state index in [4.69, 9.17) is 17.3 Å². The van der Waals surface area contributed by atoms with Crippen molar-refractivity contribution in [1.29, 1.82) is 0 Å². The monoisotopic (exact) mass is 116 g/mol. The molecule has 0 aromatic heterocycles. The molecule has 0 atom stereocenters. The largest absolute Gasteiger partial charge is 0.395 e. The van der Waals surface area contributed by atoms with Crippen molar-refractivity contribution < 1.29 is 0 Å². The topological polar surface area (TPSA) is 52.5 Å². The highest BCUT2D eigenvalue weighted by Gasteiger charge is 2.03. The fraction of sp³-hybridized carbons (Fsp3) is 0. The summed E-state index contributed by atoms with van der Waals surface area (Å²) in [5, 5.41) is 3.68. The predicted molar refractivity (Wildman–Crippen MR) is 27.7 cm³/mol. The van der Waals surface area contributed by atoms with Crippen molar-refractivity contribution >= 4 is 16.8 Å². The third-order valence-corrected chi connectivity index (χ3v) is 0.874. The fourth-order valence-electron chi connectivity index (χ4n) is 0.253. The van der Waals surface area contributed by atoms with E-state index in [0.717, 1.165) is 0 Å². The van der Waals surface area contributed by atoms with Crippen molar-refractivity contribution in [3.05, 3.63) is 11.9 Å². The Labute approximate surface area is 45.8 Å². The summed E-state index contributed by atoms with van der Waals surface area (Å²) in [6.45, 7) is 0. The van der Waals surface area contributed by atoms with Crippen LogP contribution in [0.25, 0.3) is 0 Å². The highest BCUT2D eigenvalue weighted by atomic mass is 35.5. The third kappa shape index (κ3) is 0.667. The molecule has 0 bridgehead atoms. The van der Waals surface area contributed by atoms with Crippen molar-refractivity contribution in [2.75, 3.05) is 0 Å². The van der Waals surface area contributed by atoms with Crippen molar-refractivity contribution in [3.63, 3.8) is 0 Å². The van der Waals surface area contributed by atoms with E-state index in [-0.39, 0.29) is 5.17 Å². The Morgan fingerprint density at radius 3 is 2.57 bits per heavy atom. The van der Waals surface area contributed by atoms with Gasteiger partial charge in [-0.15, -0.1) is 5.10 Å². The lowest BCUT2D eigenvalue weighted by Crippen LogP contribution is -2.00.